The van der Waals surface area contributed by atoms with Gasteiger partial charge in [0.15, 0.2) is 0 Å². The number of hydrogen-bond acceptors (Lipinski definition) is 2. The lowest BCUT2D eigenvalue weighted by Crippen LogP contribution is -2.36. The van der Waals surface area contributed by atoms with E-state index in [1.165, 1.54) is 5.56 Å². The fourth-order valence-corrected chi connectivity index (χ4v) is 6.67. The second kappa shape index (κ2) is 10.6. The third-order valence-electron chi connectivity index (χ3n) is 9.06. The van der Waals surface area contributed by atoms with Crippen molar-refractivity contribution in [2.24, 2.45) is 0 Å². The highest BCUT2D eigenvalue weighted by Gasteiger charge is 2.45. The van der Waals surface area contributed by atoms with Crippen LogP contribution in [0.1, 0.15) is 77.9 Å². The molecule has 1 aromatic heterocycles. The lowest BCUT2D eigenvalue weighted by Gasteiger charge is -2.33. The first-order chi connectivity index (χ1) is 20.8. The van der Waals surface area contributed by atoms with E-state index in [9.17, 15) is 26.3 Å². The van der Waals surface area contributed by atoms with Gasteiger partial charge in [-0.05, 0) is 73.1 Å². The summed E-state index contributed by atoms with van der Waals surface area (Å²) >= 11 is 0. The first-order valence-corrected chi connectivity index (χ1v) is 14.8. The fraction of sp³-hybridized carbons (Fsp3) is 0.343. The van der Waals surface area contributed by atoms with Gasteiger partial charge < -0.3 is 0 Å². The predicted molar refractivity (Wildman–Crippen MR) is 159 cm³/mol. The Hall–Kier alpha value is -3.85. The zero-order valence-electron chi connectivity index (χ0n) is 25.0. The zero-order chi connectivity index (χ0) is 31.6. The summed E-state index contributed by atoms with van der Waals surface area (Å²) in [6.45, 7) is 8.14. The van der Waals surface area contributed by atoms with E-state index >= 15 is 0 Å². The Morgan fingerprint density at radius 3 is 2.16 bits per heavy atom. The lowest BCUT2D eigenvalue weighted by molar-refractivity contribution is -0.143. The second-order valence-corrected chi connectivity index (χ2v) is 12.0. The number of aromatic nitrogens is 2. The number of rotatable bonds is 6. The van der Waals surface area contributed by atoms with Crippen LogP contribution in [0.2, 0.25) is 0 Å². The highest BCUT2D eigenvalue weighted by atomic mass is 19.4. The van der Waals surface area contributed by atoms with Crippen molar-refractivity contribution < 1.29 is 26.3 Å². The van der Waals surface area contributed by atoms with Gasteiger partial charge in [-0.1, -0.05) is 68.5 Å². The largest absolute Gasteiger partial charge is 0.416 e. The van der Waals surface area contributed by atoms with Crippen molar-refractivity contribution in [3.8, 4) is 16.9 Å². The van der Waals surface area contributed by atoms with Gasteiger partial charge >= 0.3 is 12.4 Å². The molecule has 0 atom stereocenters. The number of hydrogen-bond donors (Lipinski definition) is 0. The van der Waals surface area contributed by atoms with E-state index in [1.807, 2.05) is 29.5 Å². The van der Waals surface area contributed by atoms with Crippen molar-refractivity contribution in [3.63, 3.8) is 0 Å². The lowest BCUT2D eigenvalue weighted by atomic mass is 9.95. The smallest absolute Gasteiger partial charge is 0.284 e. The number of fused-ring (bicyclic) bond motifs is 2. The van der Waals surface area contributed by atoms with E-state index in [2.05, 4.69) is 56.3 Å². The van der Waals surface area contributed by atoms with E-state index in [-0.39, 0.29) is 18.2 Å². The van der Waals surface area contributed by atoms with E-state index in [4.69, 9.17) is 5.10 Å². The van der Waals surface area contributed by atoms with Crippen LogP contribution in [0.3, 0.4) is 0 Å². The maximum Gasteiger partial charge on any atom is 0.416 e. The number of nitrogens with zero attached hydrogens (tertiary/aromatic N) is 3. The highest BCUT2D eigenvalue weighted by molar-refractivity contribution is 5.81. The molecule has 9 heteroatoms. The van der Waals surface area contributed by atoms with Crippen LogP contribution >= 0.6 is 0 Å². The number of benzene rings is 3. The maximum atomic E-state index is 14.1. The van der Waals surface area contributed by atoms with E-state index in [0.29, 0.717) is 6.54 Å². The van der Waals surface area contributed by atoms with Crippen LogP contribution in [0.25, 0.3) is 23.0 Å². The topological polar surface area (TPSA) is 21.1 Å². The molecular formula is C35H33F6N3. The Morgan fingerprint density at radius 2 is 1.52 bits per heavy atom. The third kappa shape index (κ3) is 4.95. The number of aryl methyl sites for hydroxylation is 2. The Kier molecular flexibility index (Phi) is 7.31. The molecule has 0 amide bonds. The summed E-state index contributed by atoms with van der Waals surface area (Å²) in [6.07, 6.45) is -3.18. The van der Waals surface area contributed by atoms with Gasteiger partial charge in [-0.25, -0.2) is 4.68 Å². The van der Waals surface area contributed by atoms with E-state index in [0.717, 1.165) is 76.3 Å². The molecule has 4 aromatic rings. The first kappa shape index (κ1) is 30.2. The van der Waals surface area contributed by atoms with Crippen LogP contribution in [-0.4, -0.2) is 14.7 Å². The molecule has 2 heterocycles. The summed E-state index contributed by atoms with van der Waals surface area (Å²) in [6, 6.07) is 14.3. The molecule has 0 unspecified atom stereocenters. The molecule has 3 nitrogen and oxygen atoms in total. The van der Waals surface area contributed by atoms with Gasteiger partial charge in [0, 0.05) is 24.2 Å². The fourth-order valence-electron chi connectivity index (χ4n) is 6.67. The summed E-state index contributed by atoms with van der Waals surface area (Å²) in [5.41, 5.74) is 5.57. The van der Waals surface area contributed by atoms with Crippen molar-refractivity contribution in [1.29, 1.82) is 0 Å². The molecule has 1 aliphatic heterocycles. The van der Waals surface area contributed by atoms with Crippen LogP contribution in [-0.2, 0) is 50.2 Å². The van der Waals surface area contributed by atoms with Gasteiger partial charge in [0.2, 0.25) is 0 Å². The molecule has 0 saturated heterocycles. The summed E-state index contributed by atoms with van der Waals surface area (Å²) in [5, 5.41) is 5.22. The predicted octanol–water partition coefficient (Wildman–Crippen LogP) is 9.52. The Balaban J connectivity index is 1.52. The molecule has 0 N–H and O–H groups in total. The van der Waals surface area contributed by atoms with Crippen molar-refractivity contribution >= 4 is 6.08 Å². The monoisotopic (exact) mass is 609 g/mol. The average molecular weight is 610 g/mol. The van der Waals surface area contributed by atoms with Gasteiger partial charge in [-0.15, -0.1) is 0 Å². The van der Waals surface area contributed by atoms with E-state index < -0.39 is 29.0 Å². The molecule has 1 aliphatic carbocycles. The number of halogens is 6. The van der Waals surface area contributed by atoms with Gasteiger partial charge in [0.1, 0.15) is 0 Å². The molecule has 230 valence electrons. The van der Waals surface area contributed by atoms with Gasteiger partial charge in [0.25, 0.3) is 0 Å². The van der Waals surface area contributed by atoms with Gasteiger partial charge in [-0.3, -0.25) is 4.90 Å². The van der Waals surface area contributed by atoms with Gasteiger partial charge in [0.05, 0.1) is 33.7 Å². The minimum absolute atomic E-state index is 0.186. The minimum atomic E-state index is -4.94. The Labute approximate surface area is 252 Å². The third-order valence-corrected chi connectivity index (χ3v) is 9.06. The van der Waals surface area contributed by atoms with Crippen LogP contribution in [0.5, 0.6) is 0 Å². The summed E-state index contributed by atoms with van der Waals surface area (Å²) in [7, 11) is 0. The normalized spacial score (nSPS) is 16.0. The molecule has 0 spiro atoms. The molecule has 2 aliphatic rings. The molecule has 0 bridgehead atoms. The molecular weight excluding hydrogens is 576 g/mol. The average Bonchev–Trinajstić information content (AvgIpc) is 3.66. The summed E-state index contributed by atoms with van der Waals surface area (Å²) in [4.78, 5) is 1.88. The van der Waals surface area contributed by atoms with E-state index in [1.54, 1.807) is 0 Å². The molecule has 6 rings (SSSR count). The van der Waals surface area contributed by atoms with Crippen LogP contribution < -0.4 is 0 Å². The molecule has 0 radical (unpaired) electrons. The van der Waals surface area contributed by atoms with Crippen molar-refractivity contribution in [2.75, 3.05) is 0 Å². The van der Waals surface area contributed by atoms with Gasteiger partial charge in [-0.2, -0.15) is 31.4 Å². The molecule has 44 heavy (non-hydrogen) atoms. The first-order valence-electron chi connectivity index (χ1n) is 14.8. The highest BCUT2D eigenvalue weighted by Crippen LogP contribution is 2.47. The minimum Gasteiger partial charge on any atom is -0.284 e. The summed E-state index contributed by atoms with van der Waals surface area (Å²) < 4.78 is 84.3. The Morgan fingerprint density at radius 1 is 0.841 bits per heavy atom. The standard InChI is InChI=1S/C35H33F6N3/c1-5-21-10-7-11-22(6-2)30(21)44-31(27-15-9-13-23-12-8-14-26(23)27)28-20-43(33(3,4)32(28)42-44)19-24-16-17-25(34(36,37)38)18-29(24)35(39,40)41/h7-11,13-18H,5-6,12,19-20H2,1-4H3. The van der Waals surface area contributed by atoms with Crippen LogP contribution in [0.15, 0.2) is 60.7 Å². The Bertz CT molecular complexity index is 1750. The molecule has 0 saturated carbocycles. The number of allylic oxidation sites excluding steroid dienone is 1. The van der Waals surface area contributed by atoms with Crippen LogP contribution in [0, 0.1) is 0 Å². The quantitative estimate of drug-likeness (QED) is 0.203. The zero-order valence-corrected chi connectivity index (χ0v) is 25.0. The van der Waals surface area contributed by atoms with Crippen molar-refractivity contribution in [3.05, 3.63) is 111 Å². The molecule has 3 aromatic carbocycles. The van der Waals surface area contributed by atoms with Crippen LogP contribution in [0.4, 0.5) is 26.3 Å². The second-order valence-electron chi connectivity index (χ2n) is 12.0. The maximum absolute atomic E-state index is 14.1. The van der Waals surface area contributed by atoms with Crippen molar-refractivity contribution in [1.82, 2.24) is 14.7 Å². The summed E-state index contributed by atoms with van der Waals surface area (Å²) in [5.74, 6) is 0. The number of alkyl halides is 6. The number of para-hydroxylation sites is 1. The van der Waals surface area contributed by atoms with Crippen molar-refractivity contribution in [2.45, 2.75) is 77.9 Å². The SMILES string of the molecule is CCc1cccc(CC)c1-n1nc2c(c1-c1cccc3c1C=CC3)CN(Cc1ccc(C(F)(F)F)cc1C(F)(F)F)C2(C)C. The molecule has 0 fully saturated rings.